The molecule has 0 radical (unpaired) electrons. The first kappa shape index (κ1) is 12.2. The predicted octanol–water partition coefficient (Wildman–Crippen LogP) is 2.66. The van der Waals surface area contributed by atoms with Gasteiger partial charge in [0.05, 0.1) is 14.2 Å². The maximum atomic E-state index is 14.3. The molecule has 17 heavy (non-hydrogen) atoms. The first-order chi connectivity index (χ1) is 8.27. The van der Waals surface area contributed by atoms with Crippen molar-refractivity contribution in [3.63, 3.8) is 0 Å². The molecule has 1 aliphatic heterocycles. The van der Waals surface area contributed by atoms with Gasteiger partial charge in [0.2, 0.25) is 0 Å². The molecule has 0 saturated carbocycles. The summed E-state index contributed by atoms with van der Waals surface area (Å²) in [5.74, 6) is 0.313. The summed E-state index contributed by atoms with van der Waals surface area (Å²) in [5, 5.41) is 3.33. The molecule has 1 saturated heterocycles. The van der Waals surface area contributed by atoms with Crippen molar-refractivity contribution >= 4 is 0 Å². The van der Waals surface area contributed by atoms with Crippen molar-refractivity contribution in [2.45, 2.75) is 25.3 Å². The summed E-state index contributed by atoms with van der Waals surface area (Å²) >= 11 is 0. The predicted molar refractivity (Wildman–Crippen MR) is 64.1 cm³/mol. The van der Waals surface area contributed by atoms with E-state index in [9.17, 15) is 4.39 Å². The molecule has 0 amide bonds. The lowest BCUT2D eigenvalue weighted by atomic mass is 9.96. The first-order valence-corrected chi connectivity index (χ1v) is 5.91. The SMILES string of the molecule is COc1ccc(C2CCCCN2)c(F)c1OC. The standard InChI is InChI=1S/C13H18FNO2/c1-16-11-7-6-9(12(14)13(11)17-2)10-5-3-4-8-15-10/h6-7,10,15H,3-5,8H2,1-2H3. The zero-order valence-electron chi connectivity index (χ0n) is 10.3. The Morgan fingerprint density at radius 1 is 1.24 bits per heavy atom. The highest BCUT2D eigenvalue weighted by Gasteiger charge is 2.22. The lowest BCUT2D eigenvalue weighted by Gasteiger charge is -2.25. The van der Waals surface area contributed by atoms with Crippen LogP contribution in [0.2, 0.25) is 0 Å². The molecule has 0 aromatic heterocycles. The van der Waals surface area contributed by atoms with E-state index in [1.807, 2.05) is 0 Å². The Hall–Kier alpha value is -1.29. The quantitative estimate of drug-likeness (QED) is 0.879. The van der Waals surface area contributed by atoms with Crippen LogP contribution in [0.5, 0.6) is 11.5 Å². The Labute approximate surface area is 101 Å². The number of hydrogen-bond donors (Lipinski definition) is 1. The molecular formula is C13H18FNO2. The monoisotopic (exact) mass is 239 g/mol. The lowest BCUT2D eigenvalue weighted by molar-refractivity contribution is 0.329. The minimum Gasteiger partial charge on any atom is -0.493 e. The van der Waals surface area contributed by atoms with Crippen LogP contribution in [0.25, 0.3) is 0 Å². The van der Waals surface area contributed by atoms with Crippen LogP contribution < -0.4 is 14.8 Å². The molecule has 1 fully saturated rings. The van der Waals surface area contributed by atoms with Gasteiger partial charge in [0.1, 0.15) is 0 Å². The van der Waals surface area contributed by atoms with Crippen LogP contribution in [-0.4, -0.2) is 20.8 Å². The van der Waals surface area contributed by atoms with Crippen molar-refractivity contribution in [2.75, 3.05) is 20.8 Å². The molecule has 1 aliphatic rings. The molecule has 4 heteroatoms. The molecule has 2 rings (SSSR count). The molecular weight excluding hydrogens is 221 g/mol. The second kappa shape index (κ2) is 5.36. The van der Waals surface area contributed by atoms with Crippen LogP contribution >= 0.6 is 0 Å². The average Bonchev–Trinajstić information content (AvgIpc) is 2.39. The highest BCUT2D eigenvalue weighted by atomic mass is 19.1. The Balaban J connectivity index is 2.34. The number of methoxy groups -OCH3 is 2. The molecule has 0 spiro atoms. The van der Waals surface area contributed by atoms with Crippen LogP contribution in [0.1, 0.15) is 30.9 Å². The van der Waals surface area contributed by atoms with Gasteiger partial charge in [0.25, 0.3) is 0 Å². The topological polar surface area (TPSA) is 30.5 Å². The van der Waals surface area contributed by atoms with Crippen molar-refractivity contribution in [3.8, 4) is 11.5 Å². The maximum absolute atomic E-state index is 14.3. The highest BCUT2D eigenvalue weighted by molar-refractivity contribution is 5.45. The molecule has 1 aromatic rings. The minimum atomic E-state index is -0.314. The van der Waals surface area contributed by atoms with Gasteiger partial charge in [-0.15, -0.1) is 0 Å². The van der Waals surface area contributed by atoms with E-state index in [-0.39, 0.29) is 17.6 Å². The summed E-state index contributed by atoms with van der Waals surface area (Å²) in [5.41, 5.74) is 0.669. The fraction of sp³-hybridized carbons (Fsp3) is 0.538. The number of hydrogen-bond acceptors (Lipinski definition) is 3. The van der Waals surface area contributed by atoms with Crippen LogP contribution in [0, 0.1) is 5.82 Å². The van der Waals surface area contributed by atoms with Gasteiger partial charge in [-0.3, -0.25) is 0 Å². The molecule has 1 heterocycles. The van der Waals surface area contributed by atoms with Crippen molar-refractivity contribution in [2.24, 2.45) is 0 Å². The van der Waals surface area contributed by atoms with Gasteiger partial charge in [-0.1, -0.05) is 12.5 Å². The van der Waals surface area contributed by atoms with E-state index < -0.39 is 0 Å². The van der Waals surface area contributed by atoms with E-state index in [4.69, 9.17) is 9.47 Å². The maximum Gasteiger partial charge on any atom is 0.197 e. The molecule has 1 atom stereocenters. The van der Waals surface area contributed by atoms with Crippen LogP contribution in [-0.2, 0) is 0 Å². The smallest absolute Gasteiger partial charge is 0.197 e. The molecule has 1 unspecified atom stereocenters. The van der Waals surface area contributed by atoms with Gasteiger partial charge in [-0.2, -0.15) is 0 Å². The van der Waals surface area contributed by atoms with E-state index in [0.29, 0.717) is 11.3 Å². The molecule has 1 aromatic carbocycles. The third-order valence-corrected chi connectivity index (χ3v) is 3.20. The minimum absolute atomic E-state index is 0.0866. The third kappa shape index (κ3) is 2.36. The van der Waals surface area contributed by atoms with Crippen molar-refractivity contribution < 1.29 is 13.9 Å². The van der Waals surface area contributed by atoms with Gasteiger partial charge in [0, 0.05) is 11.6 Å². The summed E-state index contributed by atoms with van der Waals surface area (Å²) in [4.78, 5) is 0. The van der Waals surface area contributed by atoms with Crippen molar-refractivity contribution in [3.05, 3.63) is 23.5 Å². The van der Waals surface area contributed by atoms with Crippen molar-refractivity contribution in [1.29, 1.82) is 0 Å². The second-order valence-electron chi connectivity index (χ2n) is 4.21. The Morgan fingerprint density at radius 3 is 2.65 bits per heavy atom. The van der Waals surface area contributed by atoms with Gasteiger partial charge in [-0.05, 0) is 25.5 Å². The zero-order valence-corrected chi connectivity index (χ0v) is 10.3. The summed E-state index contributed by atoms with van der Waals surface area (Å²) in [6, 6.07) is 3.62. The molecule has 0 aliphatic carbocycles. The average molecular weight is 239 g/mol. The number of ether oxygens (including phenoxy) is 2. The lowest BCUT2D eigenvalue weighted by Crippen LogP contribution is -2.27. The second-order valence-corrected chi connectivity index (χ2v) is 4.21. The number of halogens is 1. The molecule has 94 valence electrons. The number of piperidine rings is 1. The van der Waals surface area contributed by atoms with Gasteiger partial charge < -0.3 is 14.8 Å². The van der Waals surface area contributed by atoms with Gasteiger partial charge in [0.15, 0.2) is 17.3 Å². The fourth-order valence-electron chi connectivity index (χ4n) is 2.29. The van der Waals surface area contributed by atoms with Crippen LogP contribution in [0.3, 0.4) is 0 Å². The number of nitrogens with one attached hydrogen (secondary N) is 1. The zero-order chi connectivity index (χ0) is 12.3. The Morgan fingerprint density at radius 2 is 2.06 bits per heavy atom. The van der Waals surface area contributed by atoms with Crippen molar-refractivity contribution in [1.82, 2.24) is 5.32 Å². The summed E-state index contributed by atoms with van der Waals surface area (Å²) in [7, 11) is 2.97. The van der Waals surface area contributed by atoms with Crippen LogP contribution in [0.4, 0.5) is 4.39 Å². The largest absolute Gasteiger partial charge is 0.493 e. The molecule has 0 bridgehead atoms. The summed E-state index contributed by atoms with van der Waals surface area (Å²) < 4.78 is 24.4. The van der Waals surface area contributed by atoms with E-state index in [2.05, 4.69) is 5.32 Å². The van der Waals surface area contributed by atoms with Gasteiger partial charge >= 0.3 is 0 Å². The number of benzene rings is 1. The fourth-order valence-corrected chi connectivity index (χ4v) is 2.29. The first-order valence-electron chi connectivity index (χ1n) is 5.91. The Bertz CT molecular complexity index is 389. The van der Waals surface area contributed by atoms with E-state index >= 15 is 0 Å². The summed E-state index contributed by atoms with van der Waals surface area (Å²) in [6.07, 6.45) is 3.25. The number of rotatable bonds is 3. The molecule has 3 nitrogen and oxygen atoms in total. The third-order valence-electron chi connectivity index (χ3n) is 3.20. The van der Waals surface area contributed by atoms with E-state index in [1.54, 1.807) is 12.1 Å². The highest BCUT2D eigenvalue weighted by Crippen LogP contribution is 2.36. The van der Waals surface area contributed by atoms with E-state index in [0.717, 1.165) is 25.8 Å². The van der Waals surface area contributed by atoms with E-state index in [1.165, 1.54) is 14.2 Å². The molecule has 1 N–H and O–H groups in total. The Kier molecular flexibility index (Phi) is 3.84. The normalized spacial score (nSPS) is 20.1. The van der Waals surface area contributed by atoms with Crippen LogP contribution in [0.15, 0.2) is 12.1 Å². The van der Waals surface area contributed by atoms with Gasteiger partial charge in [-0.25, -0.2) is 4.39 Å². The summed E-state index contributed by atoms with van der Waals surface area (Å²) in [6.45, 7) is 0.943.